The second kappa shape index (κ2) is 10.8. The molecule has 4 fully saturated rings. The first-order valence-corrected chi connectivity index (χ1v) is 22.5. The fraction of sp³-hybridized carbons (Fsp3) is 0.368. The van der Waals surface area contributed by atoms with Crippen molar-refractivity contribution in [1.29, 1.82) is 0 Å². The van der Waals surface area contributed by atoms with E-state index in [9.17, 15) is 0 Å². The van der Waals surface area contributed by atoms with Gasteiger partial charge in [-0.25, -0.2) is 0 Å². The average molecular weight is 754 g/mol. The Kier molecular flexibility index (Phi) is 6.36. The Balaban J connectivity index is 1.01. The van der Waals surface area contributed by atoms with Gasteiger partial charge in [-0.15, -0.1) is 0 Å². The largest absolute Gasteiger partial charge is 0.310 e. The molecule has 0 aliphatic heterocycles. The Morgan fingerprint density at radius 3 is 1.81 bits per heavy atom. The maximum Gasteiger partial charge on any atom is 0.0509 e. The van der Waals surface area contributed by atoms with E-state index in [1.165, 1.54) is 94.5 Å². The van der Waals surface area contributed by atoms with Crippen molar-refractivity contribution in [2.75, 3.05) is 4.90 Å². The molecule has 288 valence electrons. The van der Waals surface area contributed by atoms with Crippen LogP contribution < -0.4 is 4.90 Å². The zero-order chi connectivity index (χ0) is 39.1. The van der Waals surface area contributed by atoms with Crippen LogP contribution in [0.15, 0.2) is 127 Å². The van der Waals surface area contributed by atoms with E-state index in [-0.39, 0.29) is 21.7 Å². The van der Waals surface area contributed by atoms with Crippen molar-refractivity contribution in [2.45, 2.75) is 102 Å². The molecule has 0 N–H and O–H groups in total. The summed E-state index contributed by atoms with van der Waals surface area (Å²) in [7, 11) is 0. The summed E-state index contributed by atoms with van der Waals surface area (Å²) in [4.78, 5) is 2.64. The van der Waals surface area contributed by atoms with E-state index in [0.29, 0.717) is 11.3 Å². The molecule has 1 heteroatoms. The number of hydrogen-bond donors (Lipinski definition) is 0. The number of fused-ring (bicyclic) bond motifs is 12. The van der Waals surface area contributed by atoms with E-state index in [4.69, 9.17) is 0 Å². The summed E-state index contributed by atoms with van der Waals surface area (Å²) < 4.78 is 0. The fourth-order valence-electron chi connectivity index (χ4n) is 15.4. The monoisotopic (exact) mass is 753 g/mol. The molecule has 13 rings (SSSR count). The molecule has 6 unspecified atom stereocenters. The summed E-state index contributed by atoms with van der Waals surface area (Å²) in [6.07, 6.45) is 8.25. The molecule has 6 aromatic rings. The summed E-state index contributed by atoms with van der Waals surface area (Å²) in [5, 5.41) is 0. The van der Waals surface area contributed by atoms with Gasteiger partial charge in [0.2, 0.25) is 0 Å². The molecule has 6 aromatic carbocycles. The third-order valence-corrected chi connectivity index (χ3v) is 18.1. The van der Waals surface area contributed by atoms with Gasteiger partial charge in [0, 0.05) is 22.2 Å². The lowest BCUT2D eigenvalue weighted by Gasteiger charge is -2.70. The van der Waals surface area contributed by atoms with E-state index in [1.807, 2.05) is 0 Å². The number of rotatable bonds is 4. The Morgan fingerprint density at radius 2 is 1.07 bits per heavy atom. The van der Waals surface area contributed by atoms with Crippen LogP contribution in [0.1, 0.15) is 113 Å². The molecule has 0 amide bonds. The minimum atomic E-state index is -0.0605. The normalized spacial score (nSPS) is 29.7. The molecule has 0 heterocycles. The molecule has 58 heavy (non-hydrogen) atoms. The molecule has 4 saturated carbocycles. The second-order valence-corrected chi connectivity index (χ2v) is 21.6. The third kappa shape index (κ3) is 3.87. The predicted octanol–water partition coefficient (Wildman–Crippen LogP) is 14.8. The zero-order valence-corrected chi connectivity index (χ0v) is 35.1. The van der Waals surface area contributed by atoms with Gasteiger partial charge in [-0.05, 0) is 182 Å². The molecule has 7 aliphatic rings. The molecule has 7 aliphatic carbocycles. The van der Waals surface area contributed by atoms with Crippen LogP contribution in [0.2, 0.25) is 0 Å². The summed E-state index contributed by atoms with van der Waals surface area (Å²) >= 11 is 0. The first-order valence-electron chi connectivity index (χ1n) is 22.5. The Labute approximate surface area is 345 Å². The van der Waals surface area contributed by atoms with Gasteiger partial charge in [0.15, 0.2) is 0 Å². The van der Waals surface area contributed by atoms with E-state index in [2.05, 4.69) is 174 Å². The topological polar surface area (TPSA) is 3.24 Å². The van der Waals surface area contributed by atoms with Crippen LogP contribution in [0.5, 0.6) is 0 Å². The lowest BCUT2D eigenvalue weighted by atomic mass is 9.34. The van der Waals surface area contributed by atoms with Gasteiger partial charge in [-0.1, -0.05) is 133 Å². The number of hydrogen-bond acceptors (Lipinski definition) is 1. The van der Waals surface area contributed by atoms with Crippen molar-refractivity contribution in [1.82, 2.24) is 0 Å². The number of anilines is 3. The summed E-state index contributed by atoms with van der Waals surface area (Å²) in [6, 6.07) is 49.8. The number of para-hydroxylation sites is 1. The van der Waals surface area contributed by atoms with Crippen LogP contribution in [-0.2, 0) is 21.7 Å². The number of nitrogens with zero attached hydrogens (tertiary/aromatic N) is 1. The van der Waals surface area contributed by atoms with Gasteiger partial charge in [0.1, 0.15) is 0 Å². The molecule has 0 aromatic heterocycles. The minimum absolute atomic E-state index is 0.0605. The number of benzene rings is 6. The highest BCUT2D eigenvalue weighted by Crippen LogP contribution is 2.88. The zero-order valence-electron chi connectivity index (χ0n) is 35.1. The van der Waals surface area contributed by atoms with E-state index >= 15 is 0 Å². The van der Waals surface area contributed by atoms with Gasteiger partial charge in [0.05, 0.1) is 5.69 Å². The molecule has 0 radical (unpaired) electrons. The van der Waals surface area contributed by atoms with E-state index in [0.717, 1.165) is 17.8 Å². The summed E-state index contributed by atoms with van der Waals surface area (Å²) in [6.45, 7) is 14.9. The van der Waals surface area contributed by atoms with Gasteiger partial charge >= 0.3 is 0 Å². The van der Waals surface area contributed by atoms with Crippen LogP contribution >= 0.6 is 0 Å². The first-order chi connectivity index (χ1) is 28.0. The molecular weight excluding hydrogens is 699 g/mol. The van der Waals surface area contributed by atoms with Crippen molar-refractivity contribution >= 4 is 17.1 Å². The lowest BCUT2D eigenvalue weighted by molar-refractivity contribution is -0.193. The standard InChI is InChI=1S/C57H55N/c1-53(2)26-27-54(3,4)48-32-46-44(31-47(48)53)43-19-13-21-49(52(43)57(46)37-29-35-28-36-30-50(57)56(35,36)33-37)58(38-14-8-7-9-15-38)39-24-22-34(23-25-39)40-17-12-18-42-41-16-10-11-20-45(41)55(5,6)51(40)42/h7-25,31-32,35-37,50H,26-30,33H2,1-6H3. The predicted molar refractivity (Wildman–Crippen MR) is 240 cm³/mol. The Bertz CT molecular complexity index is 2750. The average Bonchev–Trinajstić information content (AvgIpc) is 3.90. The fourth-order valence-corrected chi connectivity index (χ4v) is 15.4. The van der Waals surface area contributed by atoms with Crippen LogP contribution in [0.25, 0.3) is 33.4 Å². The lowest BCUT2D eigenvalue weighted by Crippen LogP contribution is -2.65. The second-order valence-electron chi connectivity index (χ2n) is 21.6. The van der Waals surface area contributed by atoms with Crippen LogP contribution in [0, 0.1) is 29.1 Å². The Morgan fingerprint density at radius 1 is 0.466 bits per heavy atom. The molecule has 1 nitrogen and oxygen atoms in total. The van der Waals surface area contributed by atoms with Crippen molar-refractivity contribution in [3.05, 3.63) is 161 Å². The van der Waals surface area contributed by atoms with Crippen molar-refractivity contribution in [3.8, 4) is 33.4 Å². The van der Waals surface area contributed by atoms with Crippen LogP contribution in [-0.4, -0.2) is 0 Å². The van der Waals surface area contributed by atoms with Crippen molar-refractivity contribution in [3.63, 3.8) is 0 Å². The highest BCUT2D eigenvalue weighted by atomic mass is 15.1. The maximum atomic E-state index is 2.81. The molecule has 6 atom stereocenters. The van der Waals surface area contributed by atoms with E-state index in [1.54, 1.807) is 27.8 Å². The van der Waals surface area contributed by atoms with Gasteiger partial charge in [-0.3, -0.25) is 0 Å². The maximum absolute atomic E-state index is 2.81. The smallest absolute Gasteiger partial charge is 0.0509 e. The molecular formula is C57H55N. The van der Waals surface area contributed by atoms with E-state index < -0.39 is 0 Å². The van der Waals surface area contributed by atoms with Crippen molar-refractivity contribution < 1.29 is 0 Å². The highest BCUT2D eigenvalue weighted by molar-refractivity contribution is 5.93. The quantitative estimate of drug-likeness (QED) is 0.173. The first kappa shape index (κ1) is 34.0. The third-order valence-electron chi connectivity index (χ3n) is 18.1. The summed E-state index contributed by atoms with van der Waals surface area (Å²) in [5.41, 5.74) is 22.7. The SMILES string of the molecule is CC1(C)CCC(C)(C)c2cc3c(cc21)-c1cccc(N(c2ccccc2)c2ccc(-c4cccc5c4C(C)(C)c4ccccc4-5)cc2)c1C31C2CC3CC4CC1C34C2. The van der Waals surface area contributed by atoms with Gasteiger partial charge < -0.3 is 4.90 Å². The van der Waals surface area contributed by atoms with Gasteiger partial charge in [-0.2, -0.15) is 0 Å². The van der Waals surface area contributed by atoms with Crippen LogP contribution in [0.4, 0.5) is 17.1 Å². The molecule has 2 spiro atoms. The van der Waals surface area contributed by atoms with Gasteiger partial charge in [0.25, 0.3) is 0 Å². The highest BCUT2D eigenvalue weighted by Gasteiger charge is 2.82. The minimum Gasteiger partial charge on any atom is -0.310 e. The Hall–Kier alpha value is -4.88. The molecule has 2 bridgehead atoms. The molecule has 0 saturated heterocycles. The van der Waals surface area contributed by atoms with Crippen molar-refractivity contribution in [2.24, 2.45) is 29.1 Å². The van der Waals surface area contributed by atoms with Crippen LogP contribution in [0.3, 0.4) is 0 Å². The summed E-state index contributed by atoms with van der Waals surface area (Å²) in [5.74, 6) is 3.36.